The minimum Gasteiger partial charge on any atom is -0.402 e. The summed E-state index contributed by atoms with van der Waals surface area (Å²) in [4.78, 5) is 13.7. The molecule has 0 aromatic carbocycles. The molecule has 0 radical (unpaired) electrons. The number of fused-ring (bicyclic) bond motifs is 1. The molecule has 25 heavy (non-hydrogen) atoms. The smallest absolute Gasteiger partial charge is 0.131 e. The molecule has 2 heterocycles. The summed E-state index contributed by atoms with van der Waals surface area (Å²) < 4.78 is 0. The summed E-state index contributed by atoms with van der Waals surface area (Å²) in [7, 11) is 1.83. The Morgan fingerprint density at radius 1 is 1.24 bits per heavy atom. The monoisotopic (exact) mass is 333 g/mol. The molecule has 0 saturated heterocycles. The quantitative estimate of drug-likeness (QED) is 0.815. The van der Waals surface area contributed by atoms with E-state index in [2.05, 4.69) is 39.6 Å². The lowest BCUT2D eigenvalue weighted by atomic mass is 9.82. The number of hydrogen-bond donors (Lipinski definition) is 2. The van der Waals surface area contributed by atoms with Gasteiger partial charge in [-0.3, -0.25) is 15.0 Å². The van der Waals surface area contributed by atoms with Crippen LogP contribution in [0.1, 0.15) is 19.3 Å². The van der Waals surface area contributed by atoms with Crippen molar-refractivity contribution in [2.45, 2.75) is 25.3 Å². The molecular weight excluding hydrogens is 310 g/mol. The third-order valence-corrected chi connectivity index (χ3v) is 5.10. The molecule has 5 nitrogen and oxygen atoms in total. The van der Waals surface area contributed by atoms with Gasteiger partial charge in [-0.05, 0) is 37.0 Å². The van der Waals surface area contributed by atoms with Gasteiger partial charge in [0.05, 0.1) is 12.0 Å². The topological polar surface area (TPSA) is 75.1 Å². The Hall–Kier alpha value is -2.69. The maximum absolute atomic E-state index is 6.21. The summed E-state index contributed by atoms with van der Waals surface area (Å²) in [6.45, 7) is 0. The maximum atomic E-state index is 6.21. The number of allylic oxidation sites excluding steroid dienone is 6. The van der Waals surface area contributed by atoms with E-state index in [4.69, 9.17) is 10.7 Å². The Morgan fingerprint density at radius 2 is 2.16 bits per heavy atom. The Labute approximate surface area is 148 Å². The van der Waals surface area contributed by atoms with Gasteiger partial charge in [-0.15, -0.1) is 0 Å². The van der Waals surface area contributed by atoms with Gasteiger partial charge in [-0.2, -0.15) is 0 Å². The molecular formula is C20H23N5. The summed E-state index contributed by atoms with van der Waals surface area (Å²) in [5, 5.41) is 3.43. The summed E-state index contributed by atoms with van der Waals surface area (Å²) in [6.07, 6.45) is 19.4. The van der Waals surface area contributed by atoms with Gasteiger partial charge in [0.25, 0.3) is 0 Å². The molecule has 2 aliphatic carbocycles. The summed E-state index contributed by atoms with van der Waals surface area (Å²) in [6, 6.07) is 0.127. The number of nitrogens with zero attached hydrogens (tertiary/aromatic N) is 3. The lowest BCUT2D eigenvalue weighted by Gasteiger charge is -2.32. The van der Waals surface area contributed by atoms with Gasteiger partial charge in [0.15, 0.2) is 0 Å². The number of aliphatic imine (C=N–C) groups is 3. The zero-order valence-corrected chi connectivity index (χ0v) is 14.4. The van der Waals surface area contributed by atoms with Crippen LogP contribution in [0.25, 0.3) is 0 Å². The van der Waals surface area contributed by atoms with Crippen LogP contribution in [0, 0.1) is 11.8 Å². The molecule has 0 bridgehead atoms. The predicted octanol–water partition coefficient (Wildman–Crippen LogP) is 2.66. The zero-order chi connectivity index (χ0) is 17.2. The second-order valence-corrected chi connectivity index (χ2v) is 6.68. The molecule has 4 aliphatic rings. The van der Waals surface area contributed by atoms with Crippen LogP contribution in [0.2, 0.25) is 0 Å². The van der Waals surface area contributed by atoms with Crippen LogP contribution < -0.4 is 11.1 Å². The Bertz CT molecular complexity index is 804. The van der Waals surface area contributed by atoms with E-state index < -0.39 is 0 Å². The molecule has 0 aromatic rings. The van der Waals surface area contributed by atoms with Crippen molar-refractivity contribution in [2.24, 2.45) is 32.5 Å². The lowest BCUT2D eigenvalue weighted by Crippen LogP contribution is -2.45. The number of rotatable bonds is 2. The van der Waals surface area contributed by atoms with Crippen LogP contribution >= 0.6 is 0 Å². The van der Waals surface area contributed by atoms with Gasteiger partial charge in [0, 0.05) is 36.7 Å². The van der Waals surface area contributed by atoms with E-state index in [1.54, 1.807) is 0 Å². The zero-order valence-electron chi connectivity index (χ0n) is 14.4. The number of nitrogens with two attached hydrogens (primary N) is 1. The van der Waals surface area contributed by atoms with E-state index in [0.29, 0.717) is 0 Å². The van der Waals surface area contributed by atoms with Crippen molar-refractivity contribution >= 4 is 17.9 Å². The Balaban J connectivity index is 1.62. The minimum atomic E-state index is 0.127. The first-order chi connectivity index (χ1) is 12.3. The normalized spacial score (nSPS) is 32.4. The average molecular weight is 333 g/mol. The molecule has 4 rings (SSSR count). The highest BCUT2D eigenvalue weighted by molar-refractivity contribution is 6.15. The summed E-state index contributed by atoms with van der Waals surface area (Å²) in [5.74, 6) is 2.35. The fourth-order valence-corrected chi connectivity index (χ4v) is 3.71. The number of amidine groups is 2. The Kier molecular flexibility index (Phi) is 4.22. The molecule has 0 spiro atoms. The van der Waals surface area contributed by atoms with E-state index in [1.165, 1.54) is 5.57 Å². The molecule has 3 atom stereocenters. The SMILES string of the molecule is CN=C1NC(C2C=NC=CC2)=NC2CC=C(C3CC=CC=C3N)C=C12. The molecule has 0 aromatic heterocycles. The predicted molar refractivity (Wildman–Crippen MR) is 104 cm³/mol. The first kappa shape index (κ1) is 15.8. The maximum Gasteiger partial charge on any atom is 0.131 e. The largest absolute Gasteiger partial charge is 0.402 e. The van der Waals surface area contributed by atoms with Gasteiger partial charge in [-0.1, -0.05) is 24.3 Å². The fourth-order valence-electron chi connectivity index (χ4n) is 3.71. The second kappa shape index (κ2) is 6.67. The minimum absolute atomic E-state index is 0.127. The van der Waals surface area contributed by atoms with E-state index >= 15 is 0 Å². The van der Waals surface area contributed by atoms with Gasteiger partial charge in [0.2, 0.25) is 0 Å². The van der Waals surface area contributed by atoms with Gasteiger partial charge >= 0.3 is 0 Å². The van der Waals surface area contributed by atoms with E-state index in [-0.39, 0.29) is 17.9 Å². The van der Waals surface area contributed by atoms with Crippen molar-refractivity contribution in [3.8, 4) is 0 Å². The molecule has 3 unspecified atom stereocenters. The molecule has 3 N–H and O–H groups in total. The number of hydrogen-bond acceptors (Lipinski definition) is 4. The molecule has 0 fully saturated rings. The third-order valence-electron chi connectivity index (χ3n) is 5.10. The molecule has 5 heteroatoms. The van der Waals surface area contributed by atoms with Crippen molar-refractivity contribution < 1.29 is 0 Å². The van der Waals surface area contributed by atoms with Gasteiger partial charge in [0.1, 0.15) is 11.7 Å². The number of nitrogens with one attached hydrogen (secondary N) is 1. The third kappa shape index (κ3) is 3.02. The van der Waals surface area contributed by atoms with Crippen LogP contribution in [-0.4, -0.2) is 31.0 Å². The van der Waals surface area contributed by atoms with Gasteiger partial charge < -0.3 is 11.1 Å². The molecule has 0 saturated carbocycles. The summed E-state index contributed by atoms with van der Waals surface area (Å²) in [5.41, 5.74) is 9.57. The van der Waals surface area contributed by atoms with Crippen LogP contribution in [-0.2, 0) is 0 Å². The van der Waals surface area contributed by atoms with E-state index in [0.717, 1.165) is 42.2 Å². The lowest BCUT2D eigenvalue weighted by molar-refractivity contribution is 0.686. The van der Waals surface area contributed by atoms with Crippen LogP contribution in [0.3, 0.4) is 0 Å². The van der Waals surface area contributed by atoms with Gasteiger partial charge in [-0.25, -0.2) is 0 Å². The van der Waals surface area contributed by atoms with Crippen molar-refractivity contribution in [3.05, 3.63) is 59.5 Å². The first-order valence-electron chi connectivity index (χ1n) is 8.80. The standard InChI is InChI=1S/C20H23N5/c1-22-20-16-11-13(15-6-2-3-7-17(15)21)8-9-18(16)24-19(25-20)14-5-4-10-23-12-14/h2-4,7-8,10-12,14-15,18H,5-6,9,21H2,1H3,(H,22,24,25). The highest BCUT2D eigenvalue weighted by atomic mass is 15.1. The highest BCUT2D eigenvalue weighted by Crippen LogP contribution is 2.33. The second-order valence-electron chi connectivity index (χ2n) is 6.68. The highest BCUT2D eigenvalue weighted by Gasteiger charge is 2.31. The van der Waals surface area contributed by atoms with Crippen molar-refractivity contribution in [1.82, 2.24) is 5.32 Å². The van der Waals surface area contributed by atoms with Crippen LogP contribution in [0.4, 0.5) is 0 Å². The van der Waals surface area contributed by atoms with Crippen molar-refractivity contribution in [1.29, 1.82) is 0 Å². The molecule has 0 amide bonds. The van der Waals surface area contributed by atoms with E-state index in [1.807, 2.05) is 31.6 Å². The van der Waals surface area contributed by atoms with Crippen molar-refractivity contribution in [2.75, 3.05) is 7.05 Å². The first-order valence-corrected chi connectivity index (χ1v) is 8.80. The average Bonchev–Trinajstić information content (AvgIpc) is 2.68. The van der Waals surface area contributed by atoms with Crippen LogP contribution in [0.5, 0.6) is 0 Å². The molecule has 2 aliphatic heterocycles. The van der Waals surface area contributed by atoms with Crippen molar-refractivity contribution in [3.63, 3.8) is 0 Å². The van der Waals surface area contributed by atoms with Crippen LogP contribution in [0.15, 0.2) is 74.5 Å². The Morgan fingerprint density at radius 3 is 2.92 bits per heavy atom. The fraction of sp³-hybridized carbons (Fsp3) is 0.350. The summed E-state index contributed by atoms with van der Waals surface area (Å²) >= 11 is 0. The van der Waals surface area contributed by atoms with E-state index in [9.17, 15) is 0 Å². The molecule has 128 valence electrons.